The number of thiazole rings is 1. The van der Waals surface area contributed by atoms with E-state index in [0.29, 0.717) is 0 Å². The summed E-state index contributed by atoms with van der Waals surface area (Å²) in [5.41, 5.74) is 5.26. The molecule has 0 aliphatic heterocycles. The van der Waals surface area contributed by atoms with Crippen LogP contribution in [-0.2, 0) is 4.79 Å². The molecule has 4 nitrogen and oxygen atoms in total. The van der Waals surface area contributed by atoms with Gasteiger partial charge in [-0.2, -0.15) is 0 Å². The Labute approximate surface area is 81.4 Å². The van der Waals surface area contributed by atoms with Crippen LogP contribution in [-0.4, -0.2) is 29.4 Å². The number of aromatic nitrogens is 1. The van der Waals surface area contributed by atoms with Crippen molar-refractivity contribution >= 4 is 17.2 Å². The lowest BCUT2D eigenvalue weighted by Gasteiger charge is -2.22. The van der Waals surface area contributed by atoms with E-state index in [1.54, 1.807) is 29.5 Å². The van der Waals surface area contributed by atoms with Crippen LogP contribution in [0.1, 0.15) is 18.0 Å². The number of rotatable bonds is 3. The molecule has 0 spiro atoms. The van der Waals surface area contributed by atoms with Crippen molar-refractivity contribution < 1.29 is 4.79 Å². The Morgan fingerprint density at radius 3 is 3.00 bits per heavy atom. The Morgan fingerprint density at radius 2 is 2.54 bits per heavy atom. The van der Waals surface area contributed by atoms with Gasteiger partial charge in [-0.3, -0.25) is 4.79 Å². The number of carbonyl (C=O) groups excluding carboxylic acids is 1. The van der Waals surface area contributed by atoms with E-state index >= 15 is 0 Å². The summed E-state index contributed by atoms with van der Waals surface area (Å²) in [6.45, 7) is 1.98. The van der Waals surface area contributed by atoms with Gasteiger partial charge in [0, 0.05) is 18.6 Å². The number of hydrogen-bond donors (Lipinski definition) is 1. The van der Waals surface area contributed by atoms with E-state index in [4.69, 9.17) is 5.73 Å². The maximum Gasteiger partial charge on any atom is 0.236 e. The van der Waals surface area contributed by atoms with Gasteiger partial charge in [-0.05, 0) is 6.92 Å². The second kappa shape index (κ2) is 4.34. The van der Waals surface area contributed by atoms with E-state index in [-0.39, 0.29) is 18.5 Å². The molecule has 13 heavy (non-hydrogen) atoms. The zero-order valence-electron chi connectivity index (χ0n) is 7.73. The van der Waals surface area contributed by atoms with E-state index < -0.39 is 0 Å². The van der Waals surface area contributed by atoms with Crippen LogP contribution in [0.15, 0.2) is 11.6 Å². The molecule has 1 rings (SSSR count). The third-order valence-corrected chi connectivity index (χ3v) is 2.90. The van der Waals surface area contributed by atoms with E-state index in [1.165, 1.54) is 0 Å². The summed E-state index contributed by atoms with van der Waals surface area (Å²) in [6, 6.07) is 0.0102. The normalized spacial score (nSPS) is 12.5. The second-order valence-corrected chi connectivity index (χ2v) is 3.68. The topological polar surface area (TPSA) is 59.2 Å². The van der Waals surface area contributed by atoms with Crippen molar-refractivity contribution in [3.63, 3.8) is 0 Å². The molecule has 0 bridgehead atoms. The fourth-order valence-electron chi connectivity index (χ4n) is 0.966. The third kappa shape index (κ3) is 2.26. The SMILES string of the molecule is C[C@@H](c1nccs1)N(C)C(=O)CN. The highest BCUT2D eigenvalue weighted by Crippen LogP contribution is 2.20. The zero-order valence-corrected chi connectivity index (χ0v) is 8.54. The highest BCUT2D eigenvalue weighted by atomic mass is 32.1. The van der Waals surface area contributed by atoms with Crippen molar-refractivity contribution in [3.05, 3.63) is 16.6 Å². The van der Waals surface area contributed by atoms with Gasteiger partial charge in [0.2, 0.25) is 5.91 Å². The van der Waals surface area contributed by atoms with Crippen LogP contribution in [0.25, 0.3) is 0 Å². The number of carbonyl (C=O) groups is 1. The van der Waals surface area contributed by atoms with Gasteiger partial charge in [-0.15, -0.1) is 11.3 Å². The van der Waals surface area contributed by atoms with Crippen molar-refractivity contribution in [2.24, 2.45) is 5.73 Å². The molecule has 0 aliphatic carbocycles. The lowest BCUT2D eigenvalue weighted by atomic mass is 10.3. The molecule has 0 unspecified atom stereocenters. The lowest BCUT2D eigenvalue weighted by Crippen LogP contribution is -2.34. The minimum absolute atomic E-state index is 0.0102. The number of hydrogen-bond acceptors (Lipinski definition) is 4. The van der Waals surface area contributed by atoms with Gasteiger partial charge in [-0.25, -0.2) is 4.98 Å². The van der Waals surface area contributed by atoms with Crippen molar-refractivity contribution in [1.82, 2.24) is 9.88 Å². The average Bonchev–Trinajstić information content (AvgIpc) is 2.67. The van der Waals surface area contributed by atoms with Crippen LogP contribution in [0.3, 0.4) is 0 Å². The molecule has 0 saturated carbocycles. The molecule has 0 aromatic carbocycles. The molecule has 0 fully saturated rings. The number of nitrogens with zero attached hydrogens (tertiary/aromatic N) is 2. The number of likely N-dealkylation sites (N-methyl/N-ethyl adjacent to an activating group) is 1. The minimum Gasteiger partial charge on any atom is -0.335 e. The van der Waals surface area contributed by atoms with E-state index in [2.05, 4.69) is 4.98 Å². The summed E-state index contributed by atoms with van der Waals surface area (Å²) >= 11 is 1.54. The van der Waals surface area contributed by atoms with Crippen LogP contribution in [0.2, 0.25) is 0 Å². The van der Waals surface area contributed by atoms with Crippen molar-refractivity contribution in [2.75, 3.05) is 13.6 Å². The number of nitrogens with two attached hydrogens (primary N) is 1. The average molecular weight is 199 g/mol. The van der Waals surface area contributed by atoms with Crippen molar-refractivity contribution in [3.8, 4) is 0 Å². The Morgan fingerprint density at radius 1 is 1.85 bits per heavy atom. The summed E-state index contributed by atoms with van der Waals surface area (Å²) in [6.07, 6.45) is 1.73. The summed E-state index contributed by atoms with van der Waals surface area (Å²) in [4.78, 5) is 17.0. The molecule has 1 aromatic rings. The lowest BCUT2D eigenvalue weighted by molar-refractivity contribution is -0.130. The van der Waals surface area contributed by atoms with E-state index in [9.17, 15) is 4.79 Å². The third-order valence-electron chi connectivity index (χ3n) is 1.96. The standard InChI is InChI=1S/C8H13N3OS/c1-6(8-10-3-4-13-8)11(2)7(12)5-9/h3-4,6H,5,9H2,1-2H3/t6-/m0/s1. The Balaban J connectivity index is 2.68. The predicted molar refractivity (Wildman–Crippen MR) is 52.4 cm³/mol. The second-order valence-electron chi connectivity index (χ2n) is 2.76. The van der Waals surface area contributed by atoms with Crippen LogP contribution in [0.5, 0.6) is 0 Å². The molecule has 5 heteroatoms. The molecular formula is C8H13N3OS. The van der Waals surface area contributed by atoms with Gasteiger partial charge < -0.3 is 10.6 Å². The Hall–Kier alpha value is -0.940. The molecule has 0 radical (unpaired) electrons. The predicted octanol–water partition coefficient (Wildman–Crippen LogP) is 0.621. The van der Waals surface area contributed by atoms with Crippen LogP contribution in [0, 0.1) is 0 Å². The minimum atomic E-state index is -0.0669. The van der Waals surface area contributed by atoms with Gasteiger partial charge >= 0.3 is 0 Å². The number of amides is 1. The smallest absolute Gasteiger partial charge is 0.236 e. The molecule has 2 N–H and O–H groups in total. The van der Waals surface area contributed by atoms with Crippen LogP contribution >= 0.6 is 11.3 Å². The quantitative estimate of drug-likeness (QED) is 0.776. The van der Waals surface area contributed by atoms with E-state index in [1.807, 2.05) is 12.3 Å². The zero-order chi connectivity index (χ0) is 9.84. The van der Waals surface area contributed by atoms with Gasteiger partial charge in [0.1, 0.15) is 5.01 Å². The first-order valence-electron chi connectivity index (χ1n) is 4.02. The first-order valence-corrected chi connectivity index (χ1v) is 4.90. The van der Waals surface area contributed by atoms with Gasteiger partial charge in [0.15, 0.2) is 0 Å². The first kappa shape index (κ1) is 10.1. The molecule has 72 valence electrons. The Kier molecular flexibility index (Phi) is 3.39. The molecular weight excluding hydrogens is 186 g/mol. The molecule has 0 aliphatic rings. The fraction of sp³-hybridized carbons (Fsp3) is 0.500. The highest BCUT2D eigenvalue weighted by Gasteiger charge is 2.17. The van der Waals surface area contributed by atoms with E-state index in [0.717, 1.165) is 5.01 Å². The molecule has 0 saturated heterocycles. The maximum atomic E-state index is 11.2. The maximum absolute atomic E-state index is 11.2. The van der Waals surface area contributed by atoms with Gasteiger partial charge in [0.25, 0.3) is 0 Å². The Bertz CT molecular complexity index is 273. The van der Waals surface area contributed by atoms with Gasteiger partial charge in [0.05, 0.1) is 12.6 Å². The fourth-order valence-corrected chi connectivity index (χ4v) is 1.70. The van der Waals surface area contributed by atoms with Crippen LogP contribution in [0.4, 0.5) is 0 Å². The van der Waals surface area contributed by atoms with Crippen molar-refractivity contribution in [1.29, 1.82) is 0 Å². The summed E-state index contributed by atoms with van der Waals surface area (Å²) in [5, 5.41) is 2.83. The van der Waals surface area contributed by atoms with Crippen LogP contribution < -0.4 is 5.73 Å². The molecule has 1 amide bonds. The molecule has 1 heterocycles. The summed E-state index contributed by atoms with van der Waals surface area (Å²) < 4.78 is 0. The van der Waals surface area contributed by atoms with Gasteiger partial charge in [-0.1, -0.05) is 0 Å². The largest absolute Gasteiger partial charge is 0.335 e. The molecule has 1 aromatic heterocycles. The summed E-state index contributed by atoms with van der Waals surface area (Å²) in [5.74, 6) is -0.0669. The highest BCUT2D eigenvalue weighted by molar-refractivity contribution is 7.09. The van der Waals surface area contributed by atoms with Crippen molar-refractivity contribution in [2.45, 2.75) is 13.0 Å². The molecule has 1 atom stereocenters. The monoisotopic (exact) mass is 199 g/mol. The summed E-state index contributed by atoms with van der Waals surface area (Å²) in [7, 11) is 1.74. The first-order chi connectivity index (χ1) is 6.16.